The highest BCUT2D eigenvalue weighted by atomic mass is 35.5. The third-order valence-electron chi connectivity index (χ3n) is 5.25. The number of benzene rings is 3. The summed E-state index contributed by atoms with van der Waals surface area (Å²) in [5, 5.41) is 2.57. The van der Waals surface area contributed by atoms with Gasteiger partial charge in [0.2, 0.25) is 0 Å². The first-order chi connectivity index (χ1) is 15.0. The van der Waals surface area contributed by atoms with Crippen LogP contribution in [0.15, 0.2) is 77.6 Å². The third-order valence-corrected chi connectivity index (χ3v) is 5.54. The largest absolute Gasteiger partial charge is 0.289 e. The molecule has 1 heterocycles. The lowest BCUT2D eigenvalue weighted by Crippen LogP contribution is -1.99. The highest BCUT2D eigenvalue weighted by molar-refractivity contribution is 6.31. The van der Waals surface area contributed by atoms with Crippen LogP contribution in [-0.4, -0.2) is 4.98 Å². The van der Waals surface area contributed by atoms with Crippen molar-refractivity contribution in [1.82, 2.24) is 4.98 Å². The van der Waals surface area contributed by atoms with E-state index < -0.39 is 11.6 Å². The SMILES string of the molecule is O=c1c2cc(/C=C/c3ccc4cc(F)c(Cl)cc4n3)ccc2ccc2c(F)cccc12. The zero-order chi connectivity index (χ0) is 21.5. The highest BCUT2D eigenvalue weighted by Gasteiger charge is 2.07. The molecule has 0 atom stereocenters. The monoisotopic (exact) mass is 429 g/mol. The van der Waals surface area contributed by atoms with Crippen LogP contribution in [0.25, 0.3) is 44.6 Å². The zero-order valence-electron chi connectivity index (χ0n) is 16.1. The second-order valence-corrected chi connectivity index (χ2v) is 7.65. The Morgan fingerprint density at radius 3 is 2.42 bits per heavy atom. The van der Waals surface area contributed by atoms with Crippen LogP contribution in [-0.2, 0) is 0 Å². The van der Waals surface area contributed by atoms with Gasteiger partial charge < -0.3 is 0 Å². The quantitative estimate of drug-likeness (QED) is 0.302. The summed E-state index contributed by atoms with van der Waals surface area (Å²) in [6, 6.07) is 19.8. The van der Waals surface area contributed by atoms with Gasteiger partial charge in [-0.05, 0) is 47.4 Å². The molecule has 0 N–H and O–H groups in total. The molecule has 1 aromatic heterocycles. The van der Waals surface area contributed by atoms with Crippen LogP contribution in [0.5, 0.6) is 0 Å². The van der Waals surface area contributed by atoms with Gasteiger partial charge in [-0.15, -0.1) is 0 Å². The summed E-state index contributed by atoms with van der Waals surface area (Å²) < 4.78 is 27.7. The molecule has 0 bridgehead atoms. The summed E-state index contributed by atoms with van der Waals surface area (Å²) >= 11 is 5.86. The van der Waals surface area contributed by atoms with Crippen molar-refractivity contribution in [3.05, 3.63) is 111 Å². The smallest absolute Gasteiger partial charge is 0.194 e. The summed E-state index contributed by atoms with van der Waals surface area (Å²) in [7, 11) is 0. The summed E-state index contributed by atoms with van der Waals surface area (Å²) in [6.07, 6.45) is 3.65. The molecule has 4 aromatic carbocycles. The minimum atomic E-state index is -0.482. The van der Waals surface area contributed by atoms with Gasteiger partial charge >= 0.3 is 0 Å². The topological polar surface area (TPSA) is 30.0 Å². The van der Waals surface area contributed by atoms with E-state index in [2.05, 4.69) is 4.98 Å². The van der Waals surface area contributed by atoms with E-state index in [4.69, 9.17) is 11.6 Å². The first-order valence-corrected chi connectivity index (χ1v) is 9.97. The Balaban J connectivity index is 1.59. The second-order valence-electron chi connectivity index (χ2n) is 7.24. The molecular formula is C26H14ClF2NO. The molecule has 0 saturated heterocycles. The van der Waals surface area contributed by atoms with Crippen LogP contribution in [0.3, 0.4) is 0 Å². The van der Waals surface area contributed by atoms with Crippen LogP contribution >= 0.6 is 11.6 Å². The van der Waals surface area contributed by atoms with Gasteiger partial charge in [-0.25, -0.2) is 13.8 Å². The fraction of sp³-hybridized carbons (Fsp3) is 0. The van der Waals surface area contributed by atoms with E-state index in [1.807, 2.05) is 24.3 Å². The van der Waals surface area contributed by atoms with Gasteiger partial charge in [-0.2, -0.15) is 0 Å². The fourth-order valence-corrected chi connectivity index (χ4v) is 3.81. The lowest BCUT2D eigenvalue weighted by Gasteiger charge is -2.01. The number of pyridine rings is 1. The minimum Gasteiger partial charge on any atom is -0.289 e. The van der Waals surface area contributed by atoms with Crippen LogP contribution in [0, 0.1) is 11.6 Å². The Morgan fingerprint density at radius 2 is 1.55 bits per heavy atom. The van der Waals surface area contributed by atoms with E-state index in [1.54, 1.807) is 36.4 Å². The Morgan fingerprint density at radius 1 is 0.742 bits per heavy atom. The van der Waals surface area contributed by atoms with E-state index in [1.165, 1.54) is 24.3 Å². The summed E-state index contributed by atoms with van der Waals surface area (Å²) in [6.45, 7) is 0. The standard InChI is InChI=1S/C26H14ClF2NO/c27-22-14-25-17(13-24(22)29)7-10-18(30-25)9-5-15-4-6-16-8-11-19-20(2-1-3-23(19)28)26(31)21(16)12-15/h1-14H/b9-5+. The van der Waals surface area contributed by atoms with E-state index in [0.717, 1.165) is 10.9 Å². The van der Waals surface area contributed by atoms with E-state index in [9.17, 15) is 13.6 Å². The molecule has 0 amide bonds. The highest BCUT2D eigenvalue weighted by Crippen LogP contribution is 2.23. The van der Waals surface area contributed by atoms with Crippen LogP contribution in [0.1, 0.15) is 11.3 Å². The number of halogens is 3. The van der Waals surface area contributed by atoms with Crippen molar-refractivity contribution in [1.29, 1.82) is 0 Å². The van der Waals surface area contributed by atoms with Gasteiger partial charge in [-0.3, -0.25) is 4.79 Å². The van der Waals surface area contributed by atoms with Gasteiger partial charge in [-0.1, -0.05) is 60.1 Å². The Labute approximate surface area is 181 Å². The maximum atomic E-state index is 14.1. The molecule has 150 valence electrons. The van der Waals surface area contributed by atoms with Crippen LogP contribution in [0.4, 0.5) is 8.78 Å². The number of fused-ring (bicyclic) bond motifs is 3. The van der Waals surface area contributed by atoms with E-state index in [-0.39, 0.29) is 10.5 Å². The molecule has 0 unspecified atom stereocenters. The number of nitrogens with zero attached hydrogens (tertiary/aromatic N) is 1. The molecule has 0 radical (unpaired) electrons. The molecule has 0 saturated carbocycles. The van der Waals surface area contributed by atoms with Gasteiger partial charge in [0, 0.05) is 21.5 Å². The first-order valence-electron chi connectivity index (χ1n) is 9.59. The normalized spacial score (nSPS) is 11.7. The zero-order valence-corrected chi connectivity index (χ0v) is 16.8. The van der Waals surface area contributed by atoms with Crippen molar-refractivity contribution in [3.63, 3.8) is 0 Å². The second kappa shape index (κ2) is 7.56. The molecular weight excluding hydrogens is 416 g/mol. The lowest BCUT2D eigenvalue weighted by atomic mass is 10.1. The van der Waals surface area contributed by atoms with Crippen LogP contribution < -0.4 is 5.43 Å². The number of hydrogen-bond acceptors (Lipinski definition) is 2. The molecule has 2 nitrogen and oxygen atoms in total. The van der Waals surface area contributed by atoms with E-state index >= 15 is 0 Å². The Hall–Kier alpha value is -3.63. The number of aromatic nitrogens is 1. The van der Waals surface area contributed by atoms with Crippen molar-refractivity contribution in [2.24, 2.45) is 0 Å². The molecule has 0 aliphatic heterocycles. The maximum Gasteiger partial charge on any atom is 0.194 e. The van der Waals surface area contributed by atoms with Crippen LogP contribution in [0.2, 0.25) is 5.02 Å². The van der Waals surface area contributed by atoms with Crippen molar-refractivity contribution in [2.45, 2.75) is 0 Å². The molecule has 5 heteroatoms. The third kappa shape index (κ3) is 3.56. The van der Waals surface area contributed by atoms with Crippen molar-refractivity contribution < 1.29 is 8.78 Å². The molecule has 0 aliphatic carbocycles. The molecule has 0 aliphatic rings. The Bertz CT molecular complexity index is 1590. The molecule has 0 fully saturated rings. The summed E-state index contributed by atoms with van der Waals surface area (Å²) in [5.41, 5.74) is 1.85. The number of hydrogen-bond donors (Lipinski definition) is 0. The average Bonchev–Trinajstić information content (AvgIpc) is 2.91. The fourth-order valence-electron chi connectivity index (χ4n) is 3.65. The molecule has 0 spiro atoms. The average molecular weight is 430 g/mol. The molecule has 31 heavy (non-hydrogen) atoms. The van der Waals surface area contributed by atoms with Gasteiger partial charge in [0.1, 0.15) is 11.6 Å². The van der Waals surface area contributed by atoms with Gasteiger partial charge in [0.25, 0.3) is 0 Å². The first kappa shape index (κ1) is 19.3. The molecule has 5 aromatic rings. The van der Waals surface area contributed by atoms with Crippen molar-refractivity contribution in [3.8, 4) is 0 Å². The summed E-state index contributed by atoms with van der Waals surface area (Å²) in [5.74, 6) is -0.901. The predicted molar refractivity (Wildman–Crippen MR) is 123 cm³/mol. The van der Waals surface area contributed by atoms with Crippen molar-refractivity contribution in [2.75, 3.05) is 0 Å². The minimum absolute atomic E-state index is 0.0233. The molecule has 5 rings (SSSR count). The number of rotatable bonds is 2. The predicted octanol–water partition coefficient (Wildman–Crippen LogP) is 7.00. The van der Waals surface area contributed by atoms with Crippen molar-refractivity contribution >= 4 is 56.2 Å². The maximum absolute atomic E-state index is 14.1. The van der Waals surface area contributed by atoms with E-state index in [0.29, 0.717) is 32.8 Å². The summed E-state index contributed by atoms with van der Waals surface area (Å²) in [4.78, 5) is 17.5. The Kier molecular flexibility index (Phi) is 4.72. The lowest BCUT2D eigenvalue weighted by molar-refractivity contribution is 0.630. The van der Waals surface area contributed by atoms with Gasteiger partial charge in [0.05, 0.1) is 16.2 Å². The van der Waals surface area contributed by atoms with Gasteiger partial charge in [0.15, 0.2) is 5.43 Å².